The lowest BCUT2D eigenvalue weighted by molar-refractivity contribution is 0.206. The van der Waals surface area contributed by atoms with E-state index in [9.17, 15) is 9.18 Å². The maximum absolute atomic E-state index is 14.9. The first-order valence-electron chi connectivity index (χ1n) is 8.95. The second kappa shape index (κ2) is 7.73. The van der Waals surface area contributed by atoms with E-state index in [1.807, 2.05) is 11.5 Å². The van der Waals surface area contributed by atoms with E-state index in [0.29, 0.717) is 24.3 Å². The third-order valence-corrected chi connectivity index (χ3v) is 4.61. The normalized spacial score (nSPS) is 13.8. The standard InChI is InChI=1S/C19H20FN7O/c1-13-5-6-15(9-21-13)23-19(28)24-16-4-2-3-14(18(16)20)10-26-7-8-27-12-22-25-17(27)11-26/h2-6,9,12H,7-8,10-11H2,1H3,(H2,23,24,28). The molecule has 4 rings (SSSR count). The van der Waals surface area contributed by atoms with Crippen LogP contribution in [-0.2, 0) is 19.6 Å². The molecule has 0 atom stereocenters. The maximum atomic E-state index is 14.9. The van der Waals surface area contributed by atoms with Crippen molar-refractivity contribution < 1.29 is 9.18 Å². The van der Waals surface area contributed by atoms with Gasteiger partial charge in [-0.2, -0.15) is 0 Å². The molecule has 9 heteroatoms. The summed E-state index contributed by atoms with van der Waals surface area (Å²) in [6.45, 7) is 4.45. The number of carbonyl (C=O) groups is 1. The van der Waals surface area contributed by atoms with Crippen LogP contribution < -0.4 is 10.6 Å². The fourth-order valence-corrected chi connectivity index (χ4v) is 3.12. The highest BCUT2D eigenvalue weighted by Gasteiger charge is 2.19. The molecule has 1 aliphatic rings. The molecule has 2 N–H and O–H groups in total. The van der Waals surface area contributed by atoms with Crippen LogP contribution in [0.2, 0.25) is 0 Å². The van der Waals surface area contributed by atoms with Crippen LogP contribution in [0, 0.1) is 12.7 Å². The zero-order valence-electron chi connectivity index (χ0n) is 15.4. The van der Waals surface area contributed by atoms with Gasteiger partial charge in [-0.3, -0.25) is 9.88 Å². The smallest absolute Gasteiger partial charge is 0.315 e. The van der Waals surface area contributed by atoms with Crippen molar-refractivity contribution in [3.63, 3.8) is 0 Å². The molecule has 0 fully saturated rings. The lowest BCUT2D eigenvalue weighted by atomic mass is 10.1. The molecule has 1 aromatic carbocycles. The van der Waals surface area contributed by atoms with Crippen molar-refractivity contribution in [1.82, 2.24) is 24.6 Å². The molecule has 0 radical (unpaired) electrons. The number of amides is 2. The van der Waals surface area contributed by atoms with Crippen LogP contribution in [0.5, 0.6) is 0 Å². The van der Waals surface area contributed by atoms with Gasteiger partial charge in [-0.1, -0.05) is 12.1 Å². The molecule has 28 heavy (non-hydrogen) atoms. The van der Waals surface area contributed by atoms with E-state index in [4.69, 9.17) is 0 Å². The van der Waals surface area contributed by atoms with Gasteiger partial charge < -0.3 is 15.2 Å². The van der Waals surface area contributed by atoms with Gasteiger partial charge in [0.1, 0.15) is 12.2 Å². The fourth-order valence-electron chi connectivity index (χ4n) is 3.12. The quantitative estimate of drug-likeness (QED) is 0.726. The molecule has 0 unspecified atom stereocenters. The van der Waals surface area contributed by atoms with E-state index in [2.05, 4.69) is 30.7 Å². The van der Waals surface area contributed by atoms with Gasteiger partial charge in [0.15, 0.2) is 5.82 Å². The predicted octanol–water partition coefficient (Wildman–Crippen LogP) is 2.78. The SMILES string of the molecule is Cc1ccc(NC(=O)Nc2cccc(CN3CCn4cnnc4C3)c2F)cn1. The van der Waals surface area contributed by atoms with Crippen LogP contribution in [0.3, 0.4) is 0 Å². The topological polar surface area (TPSA) is 88.0 Å². The predicted molar refractivity (Wildman–Crippen MR) is 102 cm³/mol. The van der Waals surface area contributed by atoms with Crippen LogP contribution in [0.1, 0.15) is 17.1 Å². The number of carbonyl (C=O) groups excluding carboxylic acids is 1. The van der Waals surface area contributed by atoms with Crippen LogP contribution in [0.25, 0.3) is 0 Å². The zero-order valence-corrected chi connectivity index (χ0v) is 15.4. The Bertz CT molecular complexity index is 986. The molecular formula is C19H20FN7O. The molecule has 1 aliphatic heterocycles. The Balaban J connectivity index is 1.42. The second-order valence-corrected chi connectivity index (χ2v) is 6.70. The second-order valence-electron chi connectivity index (χ2n) is 6.70. The minimum absolute atomic E-state index is 0.134. The van der Waals surface area contributed by atoms with Crippen molar-refractivity contribution >= 4 is 17.4 Å². The zero-order chi connectivity index (χ0) is 19.5. The Morgan fingerprint density at radius 3 is 2.93 bits per heavy atom. The van der Waals surface area contributed by atoms with Crippen molar-refractivity contribution in [2.45, 2.75) is 26.6 Å². The Morgan fingerprint density at radius 2 is 2.11 bits per heavy atom. The van der Waals surface area contributed by atoms with Crippen molar-refractivity contribution in [1.29, 1.82) is 0 Å². The first kappa shape index (κ1) is 18.1. The minimum atomic E-state index is -0.521. The van der Waals surface area contributed by atoms with E-state index < -0.39 is 11.8 Å². The molecule has 0 bridgehead atoms. The first-order chi connectivity index (χ1) is 13.6. The van der Waals surface area contributed by atoms with Gasteiger partial charge in [0.2, 0.25) is 0 Å². The van der Waals surface area contributed by atoms with E-state index >= 15 is 0 Å². The van der Waals surface area contributed by atoms with E-state index in [1.165, 1.54) is 0 Å². The Hall–Kier alpha value is -3.33. The average Bonchev–Trinajstić information content (AvgIpc) is 3.15. The molecule has 2 amide bonds. The summed E-state index contributed by atoms with van der Waals surface area (Å²) in [6, 6.07) is 8.00. The number of rotatable bonds is 4. The third kappa shape index (κ3) is 3.99. The molecule has 3 aromatic rings. The van der Waals surface area contributed by atoms with E-state index in [1.54, 1.807) is 42.9 Å². The van der Waals surface area contributed by atoms with Crippen LogP contribution >= 0.6 is 0 Å². The number of fused-ring (bicyclic) bond motifs is 1. The first-order valence-corrected chi connectivity index (χ1v) is 8.95. The Morgan fingerprint density at radius 1 is 1.21 bits per heavy atom. The fraction of sp³-hybridized carbons (Fsp3) is 0.263. The summed E-state index contributed by atoms with van der Waals surface area (Å²) in [5.41, 5.74) is 2.04. The average molecular weight is 381 g/mol. The molecule has 144 valence electrons. The van der Waals surface area contributed by atoms with E-state index in [-0.39, 0.29) is 5.69 Å². The van der Waals surface area contributed by atoms with Crippen LogP contribution in [-0.4, -0.2) is 37.2 Å². The lowest BCUT2D eigenvalue weighted by Crippen LogP contribution is -2.33. The molecule has 0 saturated heterocycles. The third-order valence-electron chi connectivity index (χ3n) is 4.61. The van der Waals surface area contributed by atoms with Gasteiger partial charge in [-0.15, -0.1) is 10.2 Å². The van der Waals surface area contributed by atoms with Gasteiger partial charge in [0.05, 0.1) is 24.1 Å². The Labute approximate surface area is 161 Å². The number of halogens is 1. The van der Waals surface area contributed by atoms with Crippen molar-refractivity contribution in [3.8, 4) is 0 Å². The van der Waals surface area contributed by atoms with Crippen molar-refractivity contribution in [2.75, 3.05) is 17.2 Å². The largest absolute Gasteiger partial charge is 0.323 e. The van der Waals surface area contributed by atoms with Gasteiger partial charge in [0.25, 0.3) is 0 Å². The van der Waals surface area contributed by atoms with E-state index in [0.717, 1.165) is 24.6 Å². The van der Waals surface area contributed by atoms with Gasteiger partial charge in [-0.25, -0.2) is 9.18 Å². The number of aromatic nitrogens is 4. The lowest BCUT2D eigenvalue weighted by Gasteiger charge is -2.27. The number of urea groups is 1. The van der Waals surface area contributed by atoms with Crippen LogP contribution in [0.15, 0.2) is 42.9 Å². The monoisotopic (exact) mass is 381 g/mol. The number of hydrogen-bond acceptors (Lipinski definition) is 5. The number of pyridine rings is 1. The molecule has 3 heterocycles. The molecular weight excluding hydrogens is 361 g/mol. The van der Waals surface area contributed by atoms with Gasteiger partial charge >= 0.3 is 6.03 Å². The van der Waals surface area contributed by atoms with Crippen molar-refractivity contribution in [3.05, 3.63) is 65.8 Å². The number of hydrogen-bond donors (Lipinski definition) is 2. The Kier molecular flexibility index (Phi) is 4.98. The highest BCUT2D eigenvalue weighted by Crippen LogP contribution is 2.21. The van der Waals surface area contributed by atoms with Gasteiger partial charge in [-0.05, 0) is 25.1 Å². The summed E-state index contributed by atoms with van der Waals surface area (Å²) < 4.78 is 16.9. The summed E-state index contributed by atoms with van der Waals surface area (Å²) in [5.74, 6) is 0.429. The molecule has 0 spiro atoms. The number of nitrogens with zero attached hydrogens (tertiary/aromatic N) is 5. The van der Waals surface area contributed by atoms with Crippen molar-refractivity contribution in [2.24, 2.45) is 0 Å². The molecule has 0 aliphatic carbocycles. The number of aryl methyl sites for hydroxylation is 1. The molecule has 8 nitrogen and oxygen atoms in total. The highest BCUT2D eigenvalue weighted by molar-refractivity contribution is 5.99. The highest BCUT2D eigenvalue weighted by atomic mass is 19.1. The van der Waals surface area contributed by atoms with Gasteiger partial charge in [0, 0.05) is 30.9 Å². The van der Waals surface area contributed by atoms with Crippen LogP contribution in [0.4, 0.5) is 20.6 Å². The minimum Gasteiger partial charge on any atom is -0.315 e. The maximum Gasteiger partial charge on any atom is 0.323 e. The summed E-state index contributed by atoms with van der Waals surface area (Å²) in [6.07, 6.45) is 3.26. The summed E-state index contributed by atoms with van der Waals surface area (Å²) >= 11 is 0. The number of anilines is 2. The molecule has 0 saturated carbocycles. The number of benzene rings is 1. The summed E-state index contributed by atoms with van der Waals surface area (Å²) in [4.78, 5) is 18.4. The summed E-state index contributed by atoms with van der Waals surface area (Å²) in [7, 11) is 0. The summed E-state index contributed by atoms with van der Waals surface area (Å²) in [5, 5.41) is 13.2. The molecule has 2 aromatic heterocycles. The number of nitrogens with one attached hydrogen (secondary N) is 2.